The quantitative estimate of drug-likeness (QED) is 0.656. The fraction of sp³-hybridized carbons (Fsp3) is 0.231. The summed E-state index contributed by atoms with van der Waals surface area (Å²) in [5.74, 6) is 0.913. The number of rotatable bonds is 4. The third-order valence-electron chi connectivity index (χ3n) is 1.90. The molecule has 0 N–H and O–H groups in total. The summed E-state index contributed by atoms with van der Waals surface area (Å²) in [4.78, 5) is 0. The number of benzene rings is 1. The van der Waals surface area contributed by atoms with E-state index in [9.17, 15) is 0 Å². The summed E-state index contributed by atoms with van der Waals surface area (Å²) in [5, 5.41) is 0. The van der Waals surface area contributed by atoms with Crippen LogP contribution < -0.4 is 4.74 Å². The molecule has 0 aromatic heterocycles. The second-order valence-corrected chi connectivity index (χ2v) is 2.97. The normalized spacial score (nSPS) is 12.0. The molecular formula is C13H16O. The van der Waals surface area contributed by atoms with E-state index in [0.29, 0.717) is 6.61 Å². The van der Waals surface area contributed by atoms with Crippen LogP contribution in [0.3, 0.4) is 0 Å². The van der Waals surface area contributed by atoms with Crippen LogP contribution in [0.5, 0.6) is 5.75 Å². The number of hydrogen-bond acceptors (Lipinski definition) is 1. The first kappa shape index (κ1) is 10.6. The minimum Gasteiger partial charge on any atom is -0.489 e. The maximum Gasteiger partial charge on any atom is 0.119 e. The zero-order chi connectivity index (χ0) is 10.2. The molecule has 1 rings (SSSR count). The van der Waals surface area contributed by atoms with Gasteiger partial charge in [0.25, 0.3) is 0 Å². The van der Waals surface area contributed by atoms with Crippen LogP contribution in [-0.2, 0) is 0 Å². The van der Waals surface area contributed by atoms with Crippen molar-refractivity contribution in [2.24, 2.45) is 0 Å². The van der Waals surface area contributed by atoms with Crippen molar-refractivity contribution in [2.75, 3.05) is 6.61 Å². The molecular weight excluding hydrogens is 172 g/mol. The molecule has 0 heterocycles. The lowest BCUT2D eigenvalue weighted by Crippen LogP contribution is -1.98. The van der Waals surface area contributed by atoms with Crippen LogP contribution >= 0.6 is 0 Å². The fourth-order valence-corrected chi connectivity index (χ4v) is 1.13. The highest BCUT2D eigenvalue weighted by Crippen LogP contribution is 2.10. The lowest BCUT2D eigenvalue weighted by molar-refractivity contribution is 0.355. The lowest BCUT2D eigenvalue weighted by atomic mass is 10.2. The summed E-state index contributed by atoms with van der Waals surface area (Å²) < 4.78 is 5.59. The Morgan fingerprint density at radius 2 is 1.93 bits per heavy atom. The summed E-state index contributed by atoms with van der Waals surface area (Å²) in [5.41, 5.74) is 1.19. The van der Waals surface area contributed by atoms with Crippen LogP contribution in [0.2, 0.25) is 0 Å². The molecule has 0 fully saturated rings. The third kappa shape index (κ3) is 3.48. The first-order valence-electron chi connectivity index (χ1n) is 4.82. The Morgan fingerprint density at radius 1 is 1.21 bits per heavy atom. The summed E-state index contributed by atoms with van der Waals surface area (Å²) in [6, 6.07) is 9.85. The van der Waals surface area contributed by atoms with Gasteiger partial charge in [-0.25, -0.2) is 0 Å². The van der Waals surface area contributed by atoms with Gasteiger partial charge in [0.1, 0.15) is 12.4 Å². The Labute approximate surface area is 85.7 Å². The van der Waals surface area contributed by atoms with Crippen molar-refractivity contribution in [3.05, 3.63) is 54.1 Å². The van der Waals surface area contributed by atoms with Gasteiger partial charge in [-0.2, -0.15) is 0 Å². The number of hydrogen-bond donors (Lipinski definition) is 0. The second kappa shape index (κ2) is 6.03. The SMILES string of the molecule is C/C=C\C(=C/C)COc1ccccc1. The van der Waals surface area contributed by atoms with Gasteiger partial charge in [-0.1, -0.05) is 36.4 Å². The Kier molecular flexibility index (Phi) is 4.56. The first-order chi connectivity index (χ1) is 6.86. The summed E-state index contributed by atoms with van der Waals surface area (Å²) in [6.07, 6.45) is 6.13. The van der Waals surface area contributed by atoms with Crippen LogP contribution in [0, 0.1) is 0 Å². The molecule has 0 spiro atoms. The molecule has 1 nitrogen and oxygen atoms in total. The standard InChI is InChI=1S/C13H16O/c1-3-8-12(4-2)11-14-13-9-6-5-7-10-13/h3-10H,11H2,1-2H3/b8-3-,12-4+. The highest BCUT2D eigenvalue weighted by Gasteiger charge is 1.93. The molecule has 14 heavy (non-hydrogen) atoms. The Balaban J connectivity index is 2.48. The van der Waals surface area contributed by atoms with Crippen LogP contribution in [0.1, 0.15) is 13.8 Å². The second-order valence-electron chi connectivity index (χ2n) is 2.97. The predicted octanol–water partition coefficient (Wildman–Crippen LogP) is 3.59. The monoisotopic (exact) mass is 188 g/mol. The summed E-state index contributed by atoms with van der Waals surface area (Å²) in [6.45, 7) is 4.65. The molecule has 0 bridgehead atoms. The van der Waals surface area contributed by atoms with Gasteiger partial charge in [-0.05, 0) is 31.6 Å². The highest BCUT2D eigenvalue weighted by atomic mass is 16.5. The van der Waals surface area contributed by atoms with E-state index < -0.39 is 0 Å². The minimum absolute atomic E-state index is 0.630. The number of para-hydroxylation sites is 1. The maximum absolute atomic E-state index is 5.59. The van der Waals surface area contributed by atoms with Gasteiger partial charge in [0.05, 0.1) is 0 Å². The van der Waals surface area contributed by atoms with E-state index in [1.165, 1.54) is 5.57 Å². The van der Waals surface area contributed by atoms with Crippen LogP contribution in [-0.4, -0.2) is 6.61 Å². The molecule has 0 saturated carbocycles. The van der Waals surface area contributed by atoms with Crippen molar-refractivity contribution in [1.29, 1.82) is 0 Å². The van der Waals surface area contributed by atoms with Gasteiger partial charge < -0.3 is 4.74 Å². The molecule has 1 aromatic carbocycles. The van der Waals surface area contributed by atoms with E-state index in [-0.39, 0.29) is 0 Å². The Morgan fingerprint density at radius 3 is 2.50 bits per heavy atom. The van der Waals surface area contributed by atoms with Crippen molar-refractivity contribution >= 4 is 0 Å². The van der Waals surface area contributed by atoms with Gasteiger partial charge in [0.2, 0.25) is 0 Å². The van der Waals surface area contributed by atoms with Crippen molar-refractivity contribution in [2.45, 2.75) is 13.8 Å². The van der Waals surface area contributed by atoms with Gasteiger partial charge in [-0.15, -0.1) is 0 Å². The predicted molar refractivity (Wildman–Crippen MR) is 60.5 cm³/mol. The Hall–Kier alpha value is -1.50. The van der Waals surface area contributed by atoms with E-state index >= 15 is 0 Å². The molecule has 0 amide bonds. The smallest absolute Gasteiger partial charge is 0.119 e. The van der Waals surface area contributed by atoms with Crippen LogP contribution in [0.4, 0.5) is 0 Å². The average molecular weight is 188 g/mol. The van der Waals surface area contributed by atoms with Gasteiger partial charge >= 0.3 is 0 Å². The van der Waals surface area contributed by atoms with E-state index in [0.717, 1.165) is 5.75 Å². The van der Waals surface area contributed by atoms with Crippen LogP contribution in [0.15, 0.2) is 54.1 Å². The zero-order valence-corrected chi connectivity index (χ0v) is 8.73. The van der Waals surface area contributed by atoms with E-state index in [2.05, 4.69) is 12.2 Å². The number of ether oxygens (including phenoxy) is 1. The number of allylic oxidation sites excluding steroid dienone is 2. The van der Waals surface area contributed by atoms with Crippen molar-refractivity contribution in [3.63, 3.8) is 0 Å². The van der Waals surface area contributed by atoms with Gasteiger partial charge in [0.15, 0.2) is 0 Å². The third-order valence-corrected chi connectivity index (χ3v) is 1.90. The van der Waals surface area contributed by atoms with Crippen molar-refractivity contribution in [1.82, 2.24) is 0 Å². The van der Waals surface area contributed by atoms with Crippen molar-refractivity contribution < 1.29 is 4.74 Å². The van der Waals surface area contributed by atoms with Gasteiger partial charge in [-0.3, -0.25) is 0 Å². The maximum atomic E-state index is 5.59. The summed E-state index contributed by atoms with van der Waals surface area (Å²) >= 11 is 0. The molecule has 1 heteroatoms. The average Bonchev–Trinajstić information content (AvgIpc) is 2.25. The molecule has 0 aliphatic carbocycles. The molecule has 0 unspecified atom stereocenters. The largest absolute Gasteiger partial charge is 0.489 e. The van der Waals surface area contributed by atoms with E-state index in [1.807, 2.05) is 50.3 Å². The van der Waals surface area contributed by atoms with Gasteiger partial charge in [0, 0.05) is 0 Å². The molecule has 0 aliphatic heterocycles. The van der Waals surface area contributed by atoms with E-state index in [1.54, 1.807) is 0 Å². The molecule has 0 atom stereocenters. The lowest BCUT2D eigenvalue weighted by Gasteiger charge is -2.05. The van der Waals surface area contributed by atoms with E-state index in [4.69, 9.17) is 4.74 Å². The topological polar surface area (TPSA) is 9.23 Å². The Bertz CT molecular complexity index is 309. The minimum atomic E-state index is 0.630. The van der Waals surface area contributed by atoms with Crippen molar-refractivity contribution in [3.8, 4) is 5.75 Å². The molecule has 0 saturated heterocycles. The fourth-order valence-electron chi connectivity index (χ4n) is 1.13. The molecule has 74 valence electrons. The molecule has 1 aromatic rings. The molecule has 0 aliphatic rings. The zero-order valence-electron chi connectivity index (χ0n) is 8.73. The highest BCUT2D eigenvalue weighted by molar-refractivity contribution is 5.24. The molecule has 0 radical (unpaired) electrons. The first-order valence-corrected chi connectivity index (χ1v) is 4.82. The van der Waals surface area contributed by atoms with Crippen LogP contribution in [0.25, 0.3) is 0 Å². The summed E-state index contributed by atoms with van der Waals surface area (Å²) in [7, 11) is 0.